The van der Waals surface area contributed by atoms with Crippen molar-refractivity contribution in [3.05, 3.63) is 81.9 Å². The number of carbonyl (C=O) groups excluding carboxylic acids is 1. The lowest BCUT2D eigenvalue weighted by atomic mass is 10.1. The molecule has 144 valence electrons. The van der Waals surface area contributed by atoms with Crippen molar-refractivity contribution < 1.29 is 9.18 Å². The Bertz CT molecular complexity index is 1040. The number of carbonyl (C=O) groups is 1. The Morgan fingerprint density at radius 3 is 2.25 bits per heavy atom. The van der Waals surface area contributed by atoms with Crippen LogP contribution in [0, 0.1) is 40.4 Å². The Morgan fingerprint density at radius 1 is 1.04 bits per heavy atom. The van der Waals surface area contributed by atoms with E-state index in [-0.39, 0.29) is 11.7 Å². The predicted molar refractivity (Wildman–Crippen MR) is 111 cm³/mol. The molecule has 0 aliphatic carbocycles. The number of nitrogens with one attached hydrogen (secondary N) is 1. The number of rotatable bonds is 4. The fraction of sp³-hybridized carbons (Fsp3) is 0.217. The quantitative estimate of drug-likeness (QED) is 0.635. The van der Waals surface area contributed by atoms with Crippen LogP contribution in [0.5, 0.6) is 0 Å². The topological polar surface area (TPSA) is 46.9 Å². The van der Waals surface area contributed by atoms with Crippen LogP contribution in [0.2, 0.25) is 0 Å². The average Bonchev–Trinajstić information content (AvgIpc) is 2.91. The van der Waals surface area contributed by atoms with Gasteiger partial charge in [-0.25, -0.2) is 9.07 Å². The Balaban J connectivity index is 1.83. The van der Waals surface area contributed by atoms with E-state index in [0.29, 0.717) is 0 Å². The van der Waals surface area contributed by atoms with Crippen LogP contribution in [0.1, 0.15) is 33.6 Å². The summed E-state index contributed by atoms with van der Waals surface area (Å²) in [5.74, 6) is -0.479. The lowest BCUT2D eigenvalue weighted by Crippen LogP contribution is -2.10. The molecule has 0 saturated carbocycles. The summed E-state index contributed by atoms with van der Waals surface area (Å²) in [5.41, 5.74) is 7.42. The second kappa shape index (κ2) is 7.80. The van der Waals surface area contributed by atoms with Gasteiger partial charge in [0.25, 0.3) is 0 Å². The highest BCUT2D eigenvalue weighted by atomic mass is 19.1. The summed E-state index contributed by atoms with van der Waals surface area (Å²) in [6, 6.07) is 10.3. The minimum absolute atomic E-state index is 0.191. The van der Waals surface area contributed by atoms with Gasteiger partial charge in [0.05, 0.1) is 11.4 Å². The summed E-state index contributed by atoms with van der Waals surface area (Å²) in [7, 11) is 0. The molecule has 0 radical (unpaired) electrons. The zero-order chi connectivity index (χ0) is 20.4. The Kier molecular flexibility index (Phi) is 5.45. The van der Waals surface area contributed by atoms with Gasteiger partial charge in [-0.15, -0.1) is 0 Å². The molecule has 1 aromatic heterocycles. The van der Waals surface area contributed by atoms with Gasteiger partial charge in [0.2, 0.25) is 5.91 Å². The lowest BCUT2D eigenvalue weighted by Gasteiger charge is -2.11. The van der Waals surface area contributed by atoms with Gasteiger partial charge in [0, 0.05) is 23.0 Å². The van der Waals surface area contributed by atoms with E-state index in [0.717, 1.165) is 39.5 Å². The number of benzene rings is 2. The molecule has 1 heterocycles. The largest absolute Gasteiger partial charge is 0.322 e. The molecule has 0 atom stereocenters. The molecule has 28 heavy (non-hydrogen) atoms. The van der Waals surface area contributed by atoms with Crippen molar-refractivity contribution in [2.75, 3.05) is 5.32 Å². The first-order valence-corrected chi connectivity index (χ1v) is 9.15. The fourth-order valence-corrected chi connectivity index (χ4v) is 3.43. The Labute approximate surface area is 164 Å². The number of aromatic nitrogens is 2. The van der Waals surface area contributed by atoms with Crippen molar-refractivity contribution in [3.63, 3.8) is 0 Å². The third kappa shape index (κ3) is 4.03. The minimum atomic E-state index is -0.288. The summed E-state index contributed by atoms with van der Waals surface area (Å²) in [6.07, 6.45) is 3.29. The van der Waals surface area contributed by atoms with Crippen LogP contribution < -0.4 is 5.32 Å². The Hall–Kier alpha value is -3.21. The van der Waals surface area contributed by atoms with Gasteiger partial charge < -0.3 is 5.32 Å². The number of aryl methyl sites for hydroxylation is 4. The average molecular weight is 377 g/mol. The monoisotopic (exact) mass is 377 g/mol. The van der Waals surface area contributed by atoms with Crippen molar-refractivity contribution in [1.29, 1.82) is 0 Å². The summed E-state index contributed by atoms with van der Waals surface area (Å²) < 4.78 is 14.9. The third-order valence-electron chi connectivity index (χ3n) is 4.75. The molecule has 0 aliphatic rings. The molecular weight excluding hydrogens is 353 g/mol. The standard InChI is InChI=1S/C23H24FN3O/c1-14-12-15(2)23(16(3)13-14)25-22(28)11-10-21-17(4)26-27(18(21)5)20-8-6-19(24)7-9-20/h6-13H,1-5H3,(H,25,28)/b11-10+. The van der Waals surface area contributed by atoms with Crippen molar-refractivity contribution >= 4 is 17.7 Å². The number of hydrogen-bond acceptors (Lipinski definition) is 2. The smallest absolute Gasteiger partial charge is 0.248 e. The summed E-state index contributed by atoms with van der Waals surface area (Å²) in [4.78, 5) is 12.4. The first kappa shape index (κ1) is 19.5. The number of nitrogens with zero attached hydrogens (tertiary/aromatic N) is 2. The van der Waals surface area contributed by atoms with E-state index in [2.05, 4.69) is 10.4 Å². The summed E-state index contributed by atoms with van der Waals surface area (Å²) >= 11 is 0. The molecule has 1 N–H and O–H groups in total. The molecule has 5 heteroatoms. The van der Waals surface area contributed by atoms with E-state index in [4.69, 9.17) is 0 Å². The zero-order valence-corrected chi connectivity index (χ0v) is 16.8. The van der Waals surface area contributed by atoms with Gasteiger partial charge in [-0.2, -0.15) is 5.10 Å². The van der Waals surface area contributed by atoms with Crippen molar-refractivity contribution in [2.45, 2.75) is 34.6 Å². The maximum Gasteiger partial charge on any atom is 0.248 e. The normalized spacial score (nSPS) is 11.2. The van der Waals surface area contributed by atoms with Gasteiger partial charge in [-0.1, -0.05) is 17.7 Å². The highest BCUT2D eigenvalue weighted by molar-refractivity contribution is 6.03. The van der Waals surface area contributed by atoms with Gasteiger partial charge in [-0.3, -0.25) is 4.79 Å². The Morgan fingerprint density at radius 2 is 1.64 bits per heavy atom. The molecule has 0 saturated heterocycles. The second-order valence-electron chi connectivity index (χ2n) is 7.07. The molecule has 3 rings (SSSR count). The molecule has 0 bridgehead atoms. The van der Waals surface area contributed by atoms with Crippen molar-refractivity contribution in [2.24, 2.45) is 0 Å². The van der Waals surface area contributed by atoms with Gasteiger partial charge >= 0.3 is 0 Å². The van der Waals surface area contributed by atoms with E-state index in [1.807, 2.05) is 46.8 Å². The number of hydrogen-bond donors (Lipinski definition) is 1. The van der Waals surface area contributed by atoms with Crippen LogP contribution in [-0.2, 0) is 4.79 Å². The van der Waals surface area contributed by atoms with Crippen LogP contribution in [-0.4, -0.2) is 15.7 Å². The molecule has 3 aromatic rings. The van der Waals surface area contributed by atoms with Crippen LogP contribution in [0.3, 0.4) is 0 Å². The first-order valence-electron chi connectivity index (χ1n) is 9.15. The van der Waals surface area contributed by atoms with E-state index >= 15 is 0 Å². The molecule has 1 amide bonds. The maximum atomic E-state index is 13.2. The number of amides is 1. The molecule has 0 aliphatic heterocycles. The van der Waals surface area contributed by atoms with Crippen LogP contribution in [0.4, 0.5) is 10.1 Å². The third-order valence-corrected chi connectivity index (χ3v) is 4.75. The highest BCUT2D eigenvalue weighted by Crippen LogP contribution is 2.23. The van der Waals surface area contributed by atoms with Gasteiger partial charge in [0.15, 0.2) is 0 Å². The highest BCUT2D eigenvalue weighted by Gasteiger charge is 2.12. The van der Waals surface area contributed by atoms with Gasteiger partial charge in [-0.05, 0) is 76.1 Å². The van der Waals surface area contributed by atoms with E-state index in [9.17, 15) is 9.18 Å². The molecule has 4 nitrogen and oxygen atoms in total. The summed E-state index contributed by atoms with van der Waals surface area (Å²) in [6.45, 7) is 9.82. The second-order valence-corrected chi connectivity index (χ2v) is 7.07. The van der Waals surface area contributed by atoms with E-state index < -0.39 is 0 Å². The molecular formula is C23H24FN3O. The molecule has 2 aromatic carbocycles. The maximum absolute atomic E-state index is 13.2. The fourth-order valence-electron chi connectivity index (χ4n) is 3.43. The van der Waals surface area contributed by atoms with E-state index in [1.54, 1.807) is 22.9 Å². The van der Waals surface area contributed by atoms with Gasteiger partial charge in [0.1, 0.15) is 5.82 Å². The first-order chi connectivity index (χ1) is 13.3. The SMILES string of the molecule is Cc1cc(C)c(NC(=O)/C=C/c2c(C)nn(-c3ccc(F)cc3)c2C)c(C)c1. The molecule has 0 fully saturated rings. The predicted octanol–water partition coefficient (Wildman–Crippen LogP) is 5.21. The molecule has 0 unspecified atom stereocenters. The zero-order valence-electron chi connectivity index (χ0n) is 16.8. The van der Waals surface area contributed by atoms with Crippen LogP contribution >= 0.6 is 0 Å². The van der Waals surface area contributed by atoms with Crippen molar-refractivity contribution in [3.8, 4) is 5.69 Å². The van der Waals surface area contributed by atoms with Crippen LogP contribution in [0.15, 0.2) is 42.5 Å². The number of anilines is 1. The minimum Gasteiger partial charge on any atom is -0.322 e. The number of halogens is 1. The molecule has 0 spiro atoms. The van der Waals surface area contributed by atoms with E-state index in [1.165, 1.54) is 23.8 Å². The van der Waals surface area contributed by atoms with Crippen molar-refractivity contribution in [1.82, 2.24) is 9.78 Å². The lowest BCUT2D eigenvalue weighted by molar-refractivity contribution is -0.111. The van der Waals surface area contributed by atoms with Crippen LogP contribution in [0.25, 0.3) is 11.8 Å². The summed E-state index contributed by atoms with van der Waals surface area (Å²) in [5, 5.41) is 7.49.